The zero-order chi connectivity index (χ0) is 21.5. The fraction of sp³-hybridized carbons (Fsp3) is 0.125. The van der Waals surface area contributed by atoms with Gasteiger partial charge in [-0.05, 0) is 61.0 Å². The lowest BCUT2D eigenvalue weighted by Gasteiger charge is -2.31. The number of rotatable bonds is 3. The topological polar surface area (TPSA) is 59.7 Å². The Morgan fingerprint density at radius 3 is 2.52 bits per heavy atom. The number of carbonyl (C=O) groups is 1. The van der Waals surface area contributed by atoms with E-state index in [9.17, 15) is 4.79 Å². The highest BCUT2D eigenvalue weighted by atomic mass is 35.5. The van der Waals surface area contributed by atoms with E-state index in [1.807, 2.05) is 60.5 Å². The van der Waals surface area contributed by atoms with Crippen LogP contribution in [0.15, 0.2) is 78.0 Å². The highest BCUT2D eigenvalue weighted by molar-refractivity contribution is 6.30. The number of fused-ring (bicyclic) bond motifs is 3. The summed E-state index contributed by atoms with van der Waals surface area (Å²) in [6, 6.07) is 14.4. The van der Waals surface area contributed by atoms with Gasteiger partial charge >= 0.3 is 0 Å². The van der Waals surface area contributed by atoms with Crippen LogP contribution in [0.4, 0.5) is 5.82 Å². The van der Waals surface area contributed by atoms with Crippen molar-refractivity contribution in [2.75, 3.05) is 12.0 Å². The summed E-state index contributed by atoms with van der Waals surface area (Å²) in [4.78, 5) is 20.3. The number of benzene rings is 2. The molecule has 0 radical (unpaired) electrons. The second-order valence-corrected chi connectivity index (χ2v) is 7.72. The minimum absolute atomic E-state index is 0.223. The first kappa shape index (κ1) is 19.3. The first-order valence-corrected chi connectivity index (χ1v) is 10.2. The number of aryl methyl sites for hydroxylation is 1. The molecule has 5 rings (SSSR count). The molecule has 0 amide bonds. The summed E-state index contributed by atoms with van der Waals surface area (Å²) in [5.74, 6) is 2.00. The maximum atomic E-state index is 13.4. The van der Waals surface area contributed by atoms with Crippen LogP contribution in [-0.4, -0.2) is 28.6 Å². The van der Waals surface area contributed by atoms with Crippen molar-refractivity contribution in [3.05, 3.63) is 100 Å². The fourth-order valence-corrected chi connectivity index (χ4v) is 4.00. The van der Waals surface area contributed by atoms with Crippen molar-refractivity contribution in [2.45, 2.75) is 13.0 Å². The van der Waals surface area contributed by atoms with Gasteiger partial charge in [0.25, 0.3) is 5.91 Å². The first-order chi connectivity index (χ1) is 15.1. The van der Waals surface area contributed by atoms with Gasteiger partial charge in [0.1, 0.15) is 17.6 Å². The monoisotopic (exact) mass is 430 g/mol. The lowest BCUT2D eigenvalue weighted by atomic mass is 9.96. The van der Waals surface area contributed by atoms with E-state index in [0.717, 1.165) is 28.4 Å². The zero-order valence-electron chi connectivity index (χ0n) is 17.0. The highest BCUT2D eigenvalue weighted by Gasteiger charge is 2.35. The minimum Gasteiger partial charge on any atom is -0.497 e. The van der Waals surface area contributed by atoms with Crippen LogP contribution in [0.2, 0.25) is 5.02 Å². The molecule has 2 aliphatic heterocycles. The van der Waals surface area contributed by atoms with Crippen molar-refractivity contribution in [2.24, 2.45) is 4.99 Å². The molecule has 31 heavy (non-hydrogen) atoms. The quantitative estimate of drug-likeness (QED) is 0.591. The number of anilines is 1. The van der Waals surface area contributed by atoms with Crippen LogP contribution in [-0.2, 0) is 0 Å². The molecule has 0 spiro atoms. The third kappa shape index (κ3) is 3.25. The second-order valence-electron chi connectivity index (χ2n) is 7.28. The Balaban J connectivity index is 1.67. The smallest absolute Gasteiger partial charge is 0.280 e. The molecule has 3 heterocycles. The largest absolute Gasteiger partial charge is 0.497 e. The third-order valence-corrected chi connectivity index (χ3v) is 5.65. The van der Waals surface area contributed by atoms with Crippen LogP contribution in [0.3, 0.4) is 0 Å². The minimum atomic E-state index is -0.282. The van der Waals surface area contributed by atoms with E-state index >= 15 is 0 Å². The third-order valence-electron chi connectivity index (χ3n) is 5.40. The standard InChI is InChI=1S/C24H19ClN4O2/c1-15-21-22(16-8-12-19(31-2)13-9-16)26-20-5-3-4-14-28(20)23(21)29(27-15)24(30)17-6-10-18(25)11-7-17/h3-14,22H,1-2H3. The predicted molar refractivity (Wildman–Crippen MR) is 121 cm³/mol. The number of allylic oxidation sites excluding steroid dienone is 2. The Morgan fingerprint density at radius 2 is 1.81 bits per heavy atom. The van der Waals surface area contributed by atoms with Crippen LogP contribution >= 0.6 is 11.6 Å². The molecule has 3 aromatic rings. The van der Waals surface area contributed by atoms with E-state index in [-0.39, 0.29) is 11.9 Å². The number of aliphatic imine (C=N–C) groups is 1. The average molecular weight is 431 g/mol. The molecule has 0 aliphatic carbocycles. The Labute approximate surface area is 184 Å². The van der Waals surface area contributed by atoms with Crippen molar-refractivity contribution in [3.63, 3.8) is 0 Å². The maximum Gasteiger partial charge on any atom is 0.280 e. The molecule has 1 unspecified atom stereocenters. The maximum absolute atomic E-state index is 13.4. The van der Waals surface area contributed by atoms with Crippen molar-refractivity contribution in [1.82, 2.24) is 9.78 Å². The predicted octanol–water partition coefficient (Wildman–Crippen LogP) is 4.93. The van der Waals surface area contributed by atoms with E-state index in [1.165, 1.54) is 4.68 Å². The van der Waals surface area contributed by atoms with Gasteiger partial charge in [-0.25, -0.2) is 0 Å². The van der Waals surface area contributed by atoms with Gasteiger partial charge < -0.3 is 4.74 Å². The molecule has 0 saturated heterocycles. The molecular formula is C24H19ClN4O2. The van der Waals surface area contributed by atoms with Crippen LogP contribution in [0.25, 0.3) is 0 Å². The summed E-state index contributed by atoms with van der Waals surface area (Å²) in [7, 11) is 1.64. The van der Waals surface area contributed by atoms with Gasteiger partial charge in [-0.15, -0.1) is 0 Å². The number of nitrogens with zero attached hydrogens (tertiary/aromatic N) is 4. The highest BCUT2D eigenvalue weighted by Crippen LogP contribution is 2.41. The summed E-state index contributed by atoms with van der Waals surface area (Å²) >= 11 is 6.00. The van der Waals surface area contributed by atoms with Crippen molar-refractivity contribution in [3.8, 4) is 5.75 Å². The Morgan fingerprint density at radius 1 is 1.06 bits per heavy atom. The van der Waals surface area contributed by atoms with Gasteiger partial charge in [0.2, 0.25) is 0 Å². The number of halogens is 1. The van der Waals surface area contributed by atoms with Crippen LogP contribution in [0.5, 0.6) is 5.75 Å². The van der Waals surface area contributed by atoms with Crippen LogP contribution in [0, 0.1) is 6.92 Å². The number of ether oxygens (including phenoxy) is 1. The van der Waals surface area contributed by atoms with Gasteiger partial charge in [0, 0.05) is 22.3 Å². The molecule has 0 saturated carbocycles. The summed E-state index contributed by atoms with van der Waals surface area (Å²) in [5, 5.41) is 5.21. The van der Waals surface area contributed by atoms with E-state index in [0.29, 0.717) is 16.4 Å². The molecule has 1 atom stereocenters. The van der Waals surface area contributed by atoms with E-state index in [4.69, 9.17) is 21.3 Å². The van der Waals surface area contributed by atoms with Gasteiger partial charge in [-0.2, -0.15) is 9.78 Å². The number of hydrogen-bond donors (Lipinski definition) is 0. The van der Waals surface area contributed by atoms with E-state index in [2.05, 4.69) is 5.10 Å². The Hall–Kier alpha value is -3.64. The van der Waals surface area contributed by atoms with Crippen molar-refractivity contribution < 1.29 is 9.53 Å². The van der Waals surface area contributed by atoms with Gasteiger partial charge in [-0.3, -0.25) is 14.7 Å². The van der Waals surface area contributed by atoms with Crippen molar-refractivity contribution >= 4 is 29.2 Å². The molecule has 0 N–H and O–H groups in total. The lowest BCUT2D eigenvalue weighted by Crippen LogP contribution is -2.34. The molecule has 6 nitrogen and oxygen atoms in total. The first-order valence-electron chi connectivity index (χ1n) is 9.82. The average Bonchev–Trinajstić information content (AvgIpc) is 3.16. The van der Waals surface area contributed by atoms with Crippen LogP contribution in [0.1, 0.15) is 33.2 Å². The molecule has 1 aromatic heterocycles. The summed E-state index contributed by atoms with van der Waals surface area (Å²) < 4.78 is 6.75. The van der Waals surface area contributed by atoms with Crippen molar-refractivity contribution in [1.29, 1.82) is 0 Å². The molecule has 7 heteroatoms. The molecule has 2 aromatic carbocycles. The summed E-state index contributed by atoms with van der Waals surface area (Å²) in [5.41, 5.74) is 3.16. The summed E-state index contributed by atoms with van der Waals surface area (Å²) in [6.07, 6.45) is 7.67. The van der Waals surface area contributed by atoms with E-state index in [1.54, 1.807) is 31.4 Å². The number of amidine groups is 1. The fourth-order valence-electron chi connectivity index (χ4n) is 3.88. The second kappa shape index (κ2) is 7.56. The number of hydrogen-bond acceptors (Lipinski definition) is 5. The lowest BCUT2D eigenvalue weighted by molar-refractivity contribution is 0.0947. The number of aromatic nitrogens is 2. The van der Waals surface area contributed by atoms with Gasteiger partial charge in [0.15, 0.2) is 5.82 Å². The van der Waals surface area contributed by atoms with E-state index < -0.39 is 0 Å². The number of carbonyl (C=O) groups excluding carboxylic acids is 1. The molecule has 154 valence electrons. The van der Waals surface area contributed by atoms with Crippen LogP contribution < -0.4 is 9.64 Å². The molecule has 0 bridgehead atoms. The molecule has 2 aliphatic rings. The summed E-state index contributed by atoms with van der Waals surface area (Å²) in [6.45, 7) is 1.91. The van der Waals surface area contributed by atoms with Gasteiger partial charge in [-0.1, -0.05) is 29.8 Å². The molecule has 0 fully saturated rings. The Bertz CT molecular complexity index is 1250. The molecular weight excluding hydrogens is 412 g/mol. The SMILES string of the molecule is COc1ccc(C2N=C3C=CC=CN3c3c2c(C)nn3C(=O)c2ccc(Cl)cc2)cc1. The normalized spacial score (nSPS) is 16.5. The van der Waals surface area contributed by atoms with Gasteiger partial charge in [0.05, 0.1) is 12.8 Å². The Kier molecular flexibility index (Phi) is 4.71. The zero-order valence-corrected chi connectivity index (χ0v) is 17.7. The number of methoxy groups -OCH3 is 1.